The first-order chi connectivity index (χ1) is 16.8. The highest BCUT2D eigenvalue weighted by Gasteiger charge is 2.20. The van der Waals surface area contributed by atoms with Crippen molar-refractivity contribution < 1.29 is 28.1 Å². The van der Waals surface area contributed by atoms with E-state index in [9.17, 15) is 18.7 Å². The molecule has 7 nitrogen and oxygen atoms in total. The van der Waals surface area contributed by atoms with Crippen LogP contribution in [0.25, 0.3) is 22.3 Å². The molecule has 1 atom stereocenters. The van der Waals surface area contributed by atoms with Crippen molar-refractivity contribution in [3.63, 3.8) is 0 Å². The molecule has 35 heavy (non-hydrogen) atoms. The molecule has 1 aliphatic heterocycles. The highest BCUT2D eigenvalue weighted by Crippen LogP contribution is 2.33. The number of para-hydroxylation sites is 1. The Morgan fingerprint density at radius 3 is 2.29 bits per heavy atom. The predicted octanol–water partition coefficient (Wildman–Crippen LogP) is 4.82. The zero-order valence-electron chi connectivity index (χ0n) is 18.7. The van der Waals surface area contributed by atoms with Crippen LogP contribution in [0.5, 0.6) is 5.75 Å². The first-order valence-electron chi connectivity index (χ1n) is 11.1. The van der Waals surface area contributed by atoms with Crippen molar-refractivity contribution in [2.24, 2.45) is 5.73 Å². The Kier molecular flexibility index (Phi) is 7.17. The lowest BCUT2D eigenvalue weighted by molar-refractivity contribution is -0.126. The molecule has 1 unspecified atom stereocenters. The van der Waals surface area contributed by atoms with Crippen LogP contribution in [0.15, 0.2) is 66.7 Å². The summed E-state index contributed by atoms with van der Waals surface area (Å²) in [4.78, 5) is 21.8. The number of rotatable bonds is 4. The largest absolute Gasteiger partial charge is 0.507 e. The summed E-state index contributed by atoms with van der Waals surface area (Å²) in [6.07, 6.45) is 0.852. The molecule has 9 heteroatoms. The van der Waals surface area contributed by atoms with Crippen molar-refractivity contribution in [2.45, 2.75) is 18.9 Å². The molecule has 3 aromatic carbocycles. The molecule has 2 heterocycles. The fraction of sp³-hybridized carbons (Fsp3) is 0.192. The van der Waals surface area contributed by atoms with Crippen molar-refractivity contribution in [3.05, 3.63) is 83.9 Å². The topological polar surface area (TPSA) is 113 Å². The molecule has 1 saturated heterocycles. The quantitative estimate of drug-likeness (QED) is 0.383. The smallest absolute Gasteiger partial charge is 0.250 e. The summed E-state index contributed by atoms with van der Waals surface area (Å²) < 4.78 is 26.0. The van der Waals surface area contributed by atoms with Crippen LogP contribution in [-0.4, -0.2) is 39.2 Å². The third-order valence-electron chi connectivity index (χ3n) is 5.64. The number of nitrogens with two attached hydrogens (primary N) is 1. The minimum absolute atomic E-state index is 0. The van der Waals surface area contributed by atoms with E-state index in [1.165, 1.54) is 24.3 Å². The molecule has 0 bridgehead atoms. The van der Waals surface area contributed by atoms with Gasteiger partial charge in [0, 0.05) is 22.8 Å². The summed E-state index contributed by atoms with van der Waals surface area (Å²) in [7, 11) is 0. The van der Waals surface area contributed by atoms with Crippen molar-refractivity contribution in [1.82, 2.24) is 9.97 Å². The van der Waals surface area contributed by atoms with E-state index in [2.05, 4.69) is 14.9 Å². The average Bonchev–Trinajstić information content (AvgIpc) is 3.39. The number of carbonyl (C=O) groups is 1. The van der Waals surface area contributed by atoms with E-state index in [0.29, 0.717) is 27.9 Å². The van der Waals surface area contributed by atoms with Gasteiger partial charge in [-0.3, -0.25) is 4.79 Å². The highest BCUT2D eigenvalue weighted by molar-refractivity contribution is 5.91. The highest BCUT2D eigenvalue weighted by atomic mass is 19.1. The van der Waals surface area contributed by atoms with Crippen molar-refractivity contribution in [1.29, 1.82) is 0 Å². The number of phenols is 1. The number of halogens is 2. The minimum Gasteiger partial charge on any atom is -0.507 e. The minimum atomic E-state index is -1.36. The Bertz CT molecular complexity index is 1360. The van der Waals surface area contributed by atoms with Crippen LogP contribution in [-0.2, 0) is 4.79 Å². The summed E-state index contributed by atoms with van der Waals surface area (Å²) in [6, 6.07) is 16.5. The number of phenolic OH excluding ortho intramolecular Hbond substituents is 1. The maximum atomic E-state index is 13.7. The van der Waals surface area contributed by atoms with E-state index in [0.717, 1.165) is 43.9 Å². The molecule has 186 valence electrons. The number of benzene rings is 3. The van der Waals surface area contributed by atoms with Crippen molar-refractivity contribution >= 4 is 22.6 Å². The Hall–Kier alpha value is -4.11. The molecule has 1 aliphatic rings. The molecule has 5 rings (SSSR count). The van der Waals surface area contributed by atoms with Crippen LogP contribution in [0.3, 0.4) is 0 Å². The number of amides is 1. The lowest BCUT2D eigenvalue weighted by Crippen LogP contribution is -2.20. The number of hydrogen-bond acceptors (Lipinski definition) is 6. The van der Waals surface area contributed by atoms with Gasteiger partial charge in [-0.1, -0.05) is 24.3 Å². The van der Waals surface area contributed by atoms with Crippen LogP contribution in [0.4, 0.5) is 14.6 Å². The number of aromatic nitrogens is 2. The summed E-state index contributed by atoms with van der Waals surface area (Å²) in [5, 5.41) is 19.9. The first kappa shape index (κ1) is 24.0. The molecular weight excluding hydrogens is 454 g/mol. The number of fused-ring (bicyclic) bond motifs is 1. The Morgan fingerprint density at radius 1 is 0.971 bits per heavy atom. The van der Waals surface area contributed by atoms with Gasteiger partial charge in [-0.2, -0.15) is 0 Å². The predicted molar refractivity (Wildman–Crippen MR) is 135 cm³/mol. The fourth-order valence-electron chi connectivity index (χ4n) is 3.85. The summed E-state index contributed by atoms with van der Waals surface area (Å²) in [5.74, 6) is -0.218. The number of carbonyl (C=O) groups excluding carboxylic acids is 1. The maximum absolute atomic E-state index is 13.7. The molecule has 0 spiro atoms. The van der Waals surface area contributed by atoms with Gasteiger partial charge in [-0.05, 0) is 60.9 Å². The van der Waals surface area contributed by atoms with Gasteiger partial charge >= 0.3 is 0 Å². The molecule has 1 fully saturated rings. The number of nitrogens with zero attached hydrogens (tertiary/aromatic N) is 3. The van der Waals surface area contributed by atoms with Gasteiger partial charge in [0.2, 0.25) is 0 Å². The number of hydrogen-bond donors (Lipinski definition) is 3. The number of aromatic hydroxyl groups is 1. The van der Waals surface area contributed by atoms with Gasteiger partial charge in [0.1, 0.15) is 23.2 Å². The van der Waals surface area contributed by atoms with Crippen LogP contribution in [0, 0.1) is 11.6 Å². The number of aliphatic hydroxyl groups excluding tert-OH is 1. The second-order valence-corrected chi connectivity index (χ2v) is 8.10. The van der Waals surface area contributed by atoms with E-state index in [1.807, 2.05) is 6.07 Å². The summed E-state index contributed by atoms with van der Waals surface area (Å²) >= 11 is 0. The maximum Gasteiger partial charge on any atom is 0.250 e. The lowest BCUT2D eigenvalue weighted by Gasteiger charge is -2.19. The molecule has 1 aromatic heterocycles. The third kappa shape index (κ3) is 5.52. The van der Waals surface area contributed by atoms with Gasteiger partial charge < -0.3 is 20.8 Å². The second-order valence-electron chi connectivity index (χ2n) is 8.10. The Labute approximate surface area is 204 Å². The standard InChI is InChI=1S/C18H16FN3O.C8H8FNO2.3H2/c19-12-7-8-15-14(11-12)18(22-9-3-4-10-22)21-17(20-15)13-5-1-2-6-16(13)23;9-6-3-1-5(2-4-6)7(11)8(10)12;;;/h1-2,5-8,11,23H,3-4,9-10H2;1-4,7,11H,(H2,10,12);3*1H. The van der Waals surface area contributed by atoms with Gasteiger partial charge in [-0.15, -0.1) is 0 Å². The van der Waals surface area contributed by atoms with Crippen LogP contribution in [0.2, 0.25) is 0 Å². The molecule has 4 aromatic rings. The van der Waals surface area contributed by atoms with Crippen molar-refractivity contribution in [2.75, 3.05) is 18.0 Å². The van der Waals surface area contributed by atoms with Gasteiger partial charge in [0.05, 0.1) is 11.1 Å². The molecule has 4 N–H and O–H groups in total. The first-order valence-corrected chi connectivity index (χ1v) is 11.1. The van der Waals surface area contributed by atoms with E-state index in [-0.39, 0.29) is 15.8 Å². The SMILES string of the molecule is NC(=O)C(O)c1ccc(F)cc1.Oc1ccccc1-c1nc(N2CCCC2)c2cc(F)ccc2n1.[HH].[HH].[HH]. The van der Waals surface area contributed by atoms with E-state index in [4.69, 9.17) is 10.8 Å². The third-order valence-corrected chi connectivity index (χ3v) is 5.64. The normalized spacial score (nSPS) is 13.9. The van der Waals surface area contributed by atoms with Crippen LogP contribution < -0.4 is 10.6 Å². The number of primary amides is 1. The zero-order valence-corrected chi connectivity index (χ0v) is 18.7. The second kappa shape index (κ2) is 10.4. The lowest BCUT2D eigenvalue weighted by atomic mass is 10.1. The monoisotopic (exact) mass is 484 g/mol. The zero-order chi connectivity index (χ0) is 24.9. The molecule has 0 aliphatic carbocycles. The summed E-state index contributed by atoms with van der Waals surface area (Å²) in [5.41, 5.74) is 6.38. The average molecular weight is 485 g/mol. The van der Waals surface area contributed by atoms with Crippen molar-refractivity contribution in [3.8, 4) is 17.1 Å². The van der Waals surface area contributed by atoms with E-state index >= 15 is 0 Å². The molecule has 0 saturated carbocycles. The van der Waals surface area contributed by atoms with E-state index < -0.39 is 17.8 Å². The fourth-order valence-corrected chi connectivity index (χ4v) is 3.85. The number of aliphatic hydroxyl groups is 1. The van der Waals surface area contributed by atoms with Gasteiger partial charge in [-0.25, -0.2) is 18.7 Å². The Morgan fingerprint density at radius 2 is 1.63 bits per heavy atom. The van der Waals surface area contributed by atoms with Crippen LogP contribution in [0.1, 0.15) is 28.8 Å². The van der Waals surface area contributed by atoms with E-state index in [1.54, 1.807) is 24.3 Å². The molecule has 1 amide bonds. The molecule has 0 radical (unpaired) electrons. The van der Waals surface area contributed by atoms with Gasteiger partial charge in [0.25, 0.3) is 5.91 Å². The van der Waals surface area contributed by atoms with Gasteiger partial charge in [0.15, 0.2) is 11.9 Å². The Balaban J connectivity index is 0.000000417. The summed E-state index contributed by atoms with van der Waals surface area (Å²) in [6.45, 7) is 1.81. The number of anilines is 1. The molecular formula is C26H30F2N4O3. The van der Waals surface area contributed by atoms with Crippen LogP contribution >= 0.6 is 0 Å².